The van der Waals surface area contributed by atoms with E-state index in [-0.39, 0.29) is 11.6 Å². The number of aryl methyl sites for hydroxylation is 1. The van der Waals surface area contributed by atoms with Gasteiger partial charge in [0.2, 0.25) is 0 Å². The molecule has 14 heavy (non-hydrogen) atoms. The lowest BCUT2D eigenvalue weighted by Gasteiger charge is -2.29. The Morgan fingerprint density at radius 3 is 2.57 bits per heavy atom. The lowest BCUT2D eigenvalue weighted by molar-refractivity contribution is 0.0958. The Bertz CT molecular complexity index is 291. The molecule has 1 aromatic heterocycles. The van der Waals surface area contributed by atoms with Crippen LogP contribution in [0.4, 0.5) is 0 Å². The third-order valence-electron chi connectivity index (χ3n) is 2.56. The van der Waals surface area contributed by atoms with Gasteiger partial charge in [0.05, 0.1) is 6.10 Å². The van der Waals surface area contributed by atoms with Crippen molar-refractivity contribution < 1.29 is 5.11 Å². The second kappa shape index (κ2) is 4.43. The quantitative estimate of drug-likeness (QED) is 0.804. The van der Waals surface area contributed by atoms with Crippen molar-refractivity contribution in [2.24, 2.45) is 0 Å². The molecule has 0 aliphatic rings. The Hall–Kier alpha value is -0.380. The predicted molar refractivity (Wildman–Crippen MR) is 61.7 cm³/mol. The molecule has 0 spiro atoms. The molecule has 1 heterocycles. The van der Waals surface area contributed by atoms with Gasteiger partial charge in [-0.3, -0.25) is 0 Å². The van der Waals surface area contributed by atoms with Crippen LogP contribution in [0.1, 0.15) is 30.5 Å². The predicted octanol–water partition coefficient (Wildman–Crippen LogP) is 2.31. The number of aliphatic hydroxyl groups excluding tert-OH is 1. The number of aliphatic hydroxyl groups is 1. The topological polar surface area (TPSA) is 32.3 Å². The maximum atomic E-state index is 9.50. The lowest BCUT2D eigenvalue weighted by atomic mass is 9.99. The number of nitrogens with one attached hydrogen (secondary N) is 1. The van der Waals surface area contributed by atoms with Crippen LogP contribution in [0.15, 0.2) is 12.1 Å². The van der Waals surface area contributed by atoms with Crippen molar-refractivity contribution in [1.82, 2.24) is 5.32 Å². The first-order valence-corrected chi connectivity index (χ1v) is 5.72. The Kier molecular flexibility index (Phi) is 3.70. The highest BCUT2D eigenvalue weighted by Gasteiger charge is 2.22. The summed E-state index contributed by atoms with van der Waals surface area (Å²) in [7, 11) is 0. The molecule has 1 aromatic rings. The molecule has 0 amide bonds. The van der Waals surface area contributed by atoms with Gasteiger partial charge in [0.1, 0.15) is 0 Å². The van der Waals surface area contributed by atoms with Crippen LogP contribution in [-0.2, 0) is 6.54 Å². The molecule has 0 aliphatic heterocycles. The summed E-state index contributed by atoms with van der Waals surface area (Å²) in [6.07, 6.45) is -0.344. The standard InChI is InChI=1S/C11H19NOS/c1-8-5-6-10(14-8)7-12-11(3,4)9(2)13/h5-6,9,12-13H,7H2,1-4H3. The molecule has 0 fully saturated rings. The first kappa shape index (κ1) is 11.7. The summed E-state index contributed by atoms with van der Waals surface area (Å²) in [5, 5.41) is 12.9. The molecule has 2 nitrogen and oxygen atoms in total. The molecule has 1 atom stereocenters. The van der Waals surface area contributed by atoms with Gasteiger partial charge in [-0.2, -0.15) is 0 Å². The summed E-state index contributed by atoms with van der Waals surface area (Å²) in [6.45, 7) is 8.77. The first-order valence-electron chi connectivity index (χ1n) is 4.90. The van der Waals surface area contributed by atoms with Gasteiger partial charge >= 0.3 is 0 Å². The minimum absolute atomic E-state index is 0.224. The van der Waals surface area contributed by atoms with Gasteiger partial charge in [-0.1, -0.05) is 0 Å². The zero-order valence-corrected chi connectivity index (χ0v) is 10.1. The normalized spacial score (nSPS) is 14.4. The molecule has 3 heteroatoms. The van der Waals surface area contributed by atoms with Crippen LogP contribution in [0.5, 0.6) is 0 Å². The molecule has 2 N–H and O–H groups in total. The Labute approximate surface area is 90.0 Å². The van der Waals surface area contributed by atoms with Crippen molar-refractivity contribution in [3.8, 4) is 0 Å². The number of hydrogen-bond donors (Lipinski definition) is 2. The highest BCUT2D eigenvalue weighted by atomic mass is 32.1. The maximum Gasteiger partial charge on any atom is 0.0688 e. The molecule has 1 unspecified atom stereocenters. The zero-order chi connectivity index (χ0) is 10.8. The van der Waals surface area contributed by atoms with E-state index in [1.807, 2.05) is 20.8 Å². The fraction of sp³-hybridized carbons (Fsp3) is 0.636. The van der Waals surface area contributed by atoms with Crippen molar-refractivity contribution in [2.75, 3.05) is 0 Å². The minimum Gasteiger partial charge on any atom is -0.392 e. The van der Waals surface area contributed by atoms with E-state index in [1.54, 1.807) is 11.3 Å². The van der Waals surface area contributed by atoms with Gasteiger partial charge in [0, 0.05) is 21.8 Å². The fourth-order valence-electron chi connectivity index (χ4n) is 1.04. The SMILES string of the molecule is Cc1ccc(CNC(C)(C)C(C)O)s1. The van der Waals surface area contributed by atoms with Gasteiger partial charge in [-0.25, -0.2) is 0 Å². The Morgan fingerprint density at radius 1 is 1.50 bits per heavy atom. The van der Waals surface area contributed by atoms with Crippen molar-refractivity contribution >= 4 is 11.3 Å². The Balaban J connectivity index is 2.48. The second-order valence-electron chi connectivity index (χ2n) is 4.26. The van der Waals surface area contributed by atoms with E-state index in [0.29, 0.717) is 0 Å². The van der Waals surface area contributed by atoms with Crippen molar-refractivity contribution in [2.45, 2.75) is 45.9 Å². The van der Waals surface area contributed by atoms with Crippen LogP contribution >= 0.6 is 11.3 Å². The van der Waals surface area contributed by atoms with Crippen molar-refractivity contribution in [1.29, 1.82) is 0 Å². The van der Waals surface area contributed by atoms with E-state index in [4.69, 9.17) is 0 Å². The molecular weight excluding hydrogens is 194 g/mol. The highest BCUT2D eigenvalue weighted by molar-refractivity contribution is 7.11. The van der Waals surface area contributed by atoms with Crippen molar-refractivity contribution in [3.05, 3.63) is 21.9 Å². The molecule has 0 aromatic carbocycles. The monoisotopic (exact) mass is 213 g/mol. The molecule has 0 radical (unpaired) electrons. The third kappa shape index (κ3) is 3.08. The smallest absolute Gasteiger partial charge is 0.0688 e. The average Bonchev–Trinajstić information content (AvgIpc) is 2.48. The molecule has 0 aliphatic carbocycles. The van der Waals surface area contributed by atoms with Crippen molar-refractivity contribution in [3.63, 3.8) is 0 Å². The van der Waals surface area contributed by atoms with Crippen LogP contribution in [0.25, 0.3) is 0 Å². The van der Waals surface area contributed by atoms with Crippen LogP contribution in [0.2, 0.25) is 0 Å². The third-order valence-corrected chi connectivity index (χ3v) is 3.56. The summed E-state index contributed by atoms with van der Waals surface area (Å²) in [5.74, 6) is 0. The van der Waals surface area contributed by atoms with Crippen LogP contribution in [0, 0.1) is 6.92 Å². The minimum atomic E-state index is -0.344. The van der Waals surface area contributed by atoms with E-state index >= 15 is 0 Å². The molecule has 0 saturated heterocycles. The van der Waals surface area contributed by atoms with E-state index < -0.39 is 0 Å². The number of rotatable bonds is 4. The molecule has 1 rings (SSSR count). The van der Waals surface area contributed by atoms with E-state index in [0.717, 1.165) is 6.54 Å². The van der Waals surface area contributed by atoms with Crippen LogP contribution in [0.3, 0.4) is 0 Å². The van der Waals surface area contributed by atoms with Crippen LogP contribution < -0.4 is 5.32 Å². The first-order chi connectivity index (χ1) is 6.42. The summed E-state index contributed by atoms with van der Waals surface area (Å²) in [5.41, 5.74) is -0.224. The van der Waals surface area contributed by atoms with E-state index in [9.17, 15) is 5.11 Å². The second-order valence-corrected chi connectivity index (χ2v) is 5.64. The van der Waals surface area contributed by atoms with E-state index in [1.165, 1.54) is 9.75 Å². The highest BCUT2D eigenvalue weighted by Crippen LogP contribution is 2.16. The molecule has 0 bridgehead atoms. The maximum absolute atomic E-state index is 9.50. The average molecular weight is 213 g/mol. The van der Waals surface area contributed by atoms with E-state index in [2.05, 4.69) is 24.4 Å². The molecular formula is C11H19NOS. The zero-order valence-electron chi connectivity index (χ0n) is 9.29. The number of hydrogen-bond acceptors (Lipinski definition) is 3. The number of thiophene rings is 1. The Morgan fingerprint density at radius 2 is 2.14 bits per heavy atom. The fourth-order valence-corrected chi connectivity index (χ4v) is 1.87. The van der Waals surface area contributed by atoms with Gasteiger partial charge < -0.3 is 10.4 Å². The largest absolute Gasteiger partial charge is 0.392 e. The summed E-state index contributed by atoms with van der Waals surface area (Å²) in [4.78, 5) is 2.65. The van der Waals surface area contributed by atoms with Gasteiger partial charge in [0.25, 0.3) is 0 Å². The summed E-state index contributed by atoms with van der Waals surface area (Å²) in [6, 6.07) is 4.25. The van der Waals surface area contributed by atoms with Gasteiger partial charge in [0.15, 0.2) is 0 Å². The summed E-state index contributed by atoms with van der Waals surface area (Å²) < 4.78 is 0. The molecule has 0 saturated carbocycles. The van der Waals surface area contributed by atoms with Crippen LogP contribution in [-0.4, -0.2) is 16.7 Å². The van der Waals surface area contributed by atoms with Gasteiger partial charge in [-0.15, -0.1) is 11.3 Å². The van der Waals surface area contributed by atoms with Gasteiger partial charge in [-0.05, 0) is 39.8 Å². The molecule has 80 valence electrons. The summed E-state index contributed by atoms with van der Waals surface area (Å²) >= 11 is 1.80. The lowest BCUT2D eigenvalue weighted by Crippen LogP contribution is -2.47.